The van der Waals surface area contributed by atoms with Crippen LogP contribution in [0.3, 0.4) is 0 Å². The van der Waals surface area contributed by atoms with E-state index in [1.54, 1.807) is 0 Å². The molecule has 1 N–H and O–H groups in total. The van der Waals surface area contributed by atoms with Gasteiger partial charge in [-0.05, 0) is 31.0 Å². The summed E-state index contributed by atoms with van der Waals surface area (Å²) in [5.41, 5.74) is 4.18. The molecular weight excluding hydrogens is 248 g/mol. The van der Waals surface area contributed by atoms with Crippen LogP contribution >= 0.6 is 0 Å². The molecule has 20 heavy (non-hydrogen) atoms. The Balaban J connectivity index is 2.19. The predicted molar refractivity (Wildman–Crippen MR) is 80.7 cm³/mol. The van der Waals surface area contributed by atoms with Gasteiger partial charge in [-0.15, -0.1) is 0 Å². The minimum Gasteiger partial charge on any atom is -0.488 e. The topological polar surface area (TPSA) is 29.5 Å². The van der Waals surface area contributed by atoms with Crippen LogP contribution in [0.2, 0.25) is 0 Å². The molecule has 0 aliphatic rings. The number of para-hydroxylation sites is 1. The molecule has 0 aliphatic carbocycles. The van der Waals surface area contributed by atoms with E-state index in [2.05, 4.69) is 11.8 Å². The van der Waals surface area contributed by atoms with E-state index < -0.39 is 0 Å². The molecule has 2 heteroatoms. The second kappa shape index (κ2) is 6.79. The van der Waals surface area contributed by atoms with Crippen LogP contribution in [0.25, 0.3) is 0 Å². The third kappa shape index (κ3) is 3.40. The van der Waals surface area contributed by atoms with Gasteiger partial charge in [0, 0.05) is 11.1 Å². The molecule has 2 nitrogen and oxygen atoms in total. The smallest absolute Gasteiger partial charge is 0.125 e. The van der Waals surface area contributed by atoms with E-state index >= 15 is 0 Å². The second-order valence-electron chi connectivity index (χ2n) is 4.63. The molecule has 2 aromatic rings. The number of hydrogen-bond donors (Lipinski definition) is 1. The second-order valence-corrected chi connectivity index (χ2v) is 4.63. The van der Waals surface area contributed by atoms with Crippen molar-refractivity contribution in [2.75, 3.05) is 6.61 Å². The maximum absolute atomic E-state index is 8.79. The Bertz CT molecular complexity index is 628. The first-order valence-corrected chi connectivity index (χ1v) is 6.59. The Morgan fingerprint density at radius 2 is 1.70 bits per heavy atom. The molecule has 0 unspecified atom stereocenters. The molecule has 0 heterocycles. The van der Waals surface area contributed by atoms with Gasteiger partial charge in [0.2, 0.25) is 0 Å². The van der Waals surface area contributed by atoms with Gasteiger partial charge in [0.15, 0.2) is 0 Å². The third-order valence-electron chi connectivity index (χ3n) is 3.10. The summed E-state index contributed by atoms with van der Waals surface area (Å²) in [7, 11) is 0. The summed E-state index contributed by atoms with van der Waals surface area (Å²) in [6, 6.07) is 13.9. The number of rotatable bonds is 3. The Morgan fingerprint density at radius 3 is 2.40 bits per heavy atom. The molecule has 0 saturated heterocycles. The molecule has 2 rings (SSSR count). The van der Waals surface area contributed by atoms with Crippen molar-refractivity contribution in [3.05, 3.63) is 64.7 Å². The van der Waals surface area contributed by atoms with Gasteiger partial charge in [0.1, 0.15) is 19.0 Å². The number of aliphatic hydroxyl groups is 1. The Morgan fingerprint density at radius 1 is 1.00 bits per heavy atom. The zero-order chi connectivity index (χ0) is 14.4. The molecule has 0 atom stereocenters. The molecule has 0 spiro atoms. The Labute approximate surface area is 120 Å². The lowest BCUT2D eigenvalue weighted by molar-refractivity contribution is 0.301. The number of hydrogen-bond acceptors (Lipinski definition) is 2. The first-order chi connectivity index (χ1) is 9.72. The van der Waals surface area contributed by atoms with Gasteiger partial charge in [-0.1, -0.05) is 48.2 Å². The molecule has 0 aromatic heterocycles. The number of ether oxygens (including phenoxy) is 1. The summed E-state index contributed by atoms with van der Waals surface area (Å²) in [5.74, 6) is 6.55. The van der Waals surface area contributed by atoms with Gasteiger partial charge < -0.3 is 9.84 Å². The molecule has 0 fully saturated rings. The van der Waals surface area contributed by atoms with Gasteiger partial charge in [0.25, 0.3) is 0 Å². The average molecular weight is 266 g/mol. The largest absolute Gasteiger partial charge is 0.488 e. The highest BCUT2D eigenvalue weighted by atomic mass is 16.5. The van der Waals surface area contributed by atoms with Crippen LogP contribution in [0.4, 0.5) is 0 Å². The van der Waals surface area contributed by atoms with E-state index in [0.29, 0.717) is 6.61 Å². The van der Waals surface area contributed by atoms with Crippen molar-refractivity contribution >= 4 is 0 Å². The average Bonchev–Trinajstić information content (AvgIpc) is 2.45. The molecule has 0 radical (unpaired) electrons. The van der Waals surface area contributed by atoms with Crippen LogP contribution in [0.1, 0.15) is 22.3 Å². The zero-order valence-electron chi connectivity index (χ0n) is 11.8. The van der Waals surface area contributed by atoms with Gasteiger partial charge >= 0.3 is 0 Å². The Hall–Kier alpha value is -2.24. The van der Waals surface area contributed by atoms with E-state index in [1.807, 2.05) is 56.3 Å². The normalized spacial score (nSPS) is 9.75. The fourth-order valence-corrected chi connectivity index (χ4v) is 2.08. The molecule has 102 valence electrons. The van der Waals surface area contributed by atoms with Crippen LogP contribution in [0.5, 0.6) is 5.75 Å². The summed E-state index contributed by atoms with van der Waals surface area (Å²) in [4.78, 5) is 0. The standard InChI is InChI=1S/C18H18O2/c1-14-7-5-8-15(2)18(14)20-13-17-10-4-3-9-16(17)11-6-12-19/h3-5,7-10,19H,12-13H2,1-2H3. The quantitative estimate of drug-likeness (QED) is 0.864. The number of aliphatic hydroxyl groups excluding tert-OH is 1. The minimum absolute atomic E-state index is 0.133. The van der Waals surface area contributed by atoms with E-state index in [-0.39, 0.29) is 6.61 Å². The van der Waals surface area contributed by atoms with Crippen LogP contribution < -0.4 is 4.74 Å². The van der Waals surface area contributed by atoms with Crippen LogP contribution in [0.15, 0.2) is 42.5 Å². The summed E-state index contributed by atoms with van der Waals surface area (Å²) in [5, 5.41) is 8.79. The molecule has 0 saturated carbocycles. The highest BCUT2D eigenvalue weighted by Crippen LogP contribution is 2.23. The highest BCUT2D eigenvalue weighted by molar-refractivity contribution is 5.43. The minimum atomic E-state index is -0.133. The van der Waals surface area contributed by atoms with E-state index in [9.17, 15) is 0 Å². The van der Waals surface area contributed by atoms with Crippen LogP contribution in [-0.4, -0.2) is 11.7 Å². The van der Waals surface area contributed by atoms with Crippen molar-refractivity contribution in [3.63, 3.8) is 0 Å². The maximum Gasteiger partial charge on any atom is 0.125 e. The SMILES string of the molecule is Cc1cccc(C)c1OCc1ccccc1C#CCO. The predicted octanol–water partition coefficient (Wildman–Crippen LogP) is 3.23. The fraction of sp³-hybridized carbons (Fsp3) is 0.222. The van der Waals surface area contributed by atoms with Crippen molar-refractivity contribution < 1.29 is 9.84 Å². The van der Waals surface area contributed by atoms with E-state index in [1.165, 1.54) is 0 Å². The van der Waals surface area contributed by atoms with Crippen molar-refractivity contribution in [1.29, 1.82) is 0 Å². The highest BCUT2D eigenvalue weighted by Gasteiger charge is 2.05. The van der Waals surface area contributed by atoms with Gasteiger partial charge in [-0.25, -0.2) is 0 Å². The third-order valence-corrected chi connectivity index (χ3v) is 3.10. The lowest BCUT2D eigenvalue weighted by Gasteiger charge is -2.12. The van der Waals surface area contributed by atoms with Gasteiger partial charge in [0.05, 0.1) is 0 Å². The number of aryl methyl sites for hydroxylation is 2. The number of benzene rings is 2. The van der Waals surface area contributed by atoms with Crippen molar-refractivity contribution in [1.82, 2.24) is 0 Å². The van der Waals surface area contributed by atoms with Gasteiger partial charge in [-0.2, -0.15) is 0 Å². The summed E-state index contributed by atoms with van der Waals surface area (Å²) in [6.07, 6.45) is 0. The summed E-state index contributed by atoms with van der Waals surface area (Å²) in [6.45, 7) is 4.42. The lowest BCUT2D eigenvalue weighted by atomic mass is 10.1. The van der Waals surface area contributed by atoms with E-state index in [0.717, 1.165) is 28.0 Å². The first-order valence-electron chi connectivity index (χ1n) is 6.59. The Kier molecular flexibility index (Phi) is 4.81. The van der Waals surface area contributed by atoms with E-state index in [4.69, 9.17) is 9.84 Å². The molecular formula is C18H18O2. The zero-order valence-corrected chi connectivity index (χ0v) is 11.8. The molecule has 0 amide bonds. The van der Waals surface area contributed by atoms with Crippen LogP contribution in [-0.2, 0) is 6.61 Å². The van der Waals surface area contributed by atoms with Gasteiger partial charge in [-0.3, -0.25) is 0 Å². The maximum atomic E-state index is 8.79. The molecule has 2 aromatic carbocycles. The fourth-order valence-electron chi connectivity index (χ4n) is 2.08. The van der Waals surface area contributed by atoms with Crippen molar-refractivity contribution in [3.8, 4) is 17.6 Å². The van der Waals surface area contributed by atoms with Crippen LogP contribution in [0, 0.1) is 25.7 Å². The monoisotopic (exact) mass is 266 g/mol. The first kappa shape index (κ1) is 14.2. The summed E-state index contributed by atoms with van der Waals surface area (Å²) >= 11 is 0. The van der Waals surface area contributed by atoms with Crippen molar-refractivity contribution in [2.45, 2.75) is 20.5 Å². The van der Waals surface area contributed by atoms with Crippen molar-refractivity contribution in [2.24, 2.45) is 0 Å². The molecule has 0 aliphatic heterocycles. The lowest BCUT2D eigenvalue weighted by Crippen LogP contribution is -2.01. The summed E-state index contributed by atoms with van der Waals surface area (Å²) < 4.78 is 5.94. The molecule has 0 bridgehead atoms.